The molecule has 2 aromatic heterocycles. The molecular formula is C23H24Cl2N6O3S. The molecule has 1 saturated heterocycles. The van der Waals surface area contributed by atoms with Gasteiger partial charge in [0, 0.05) is 57.7 Å². The van der Waals surface area contributed by atoms with Crippen molar-refractivity contribution >= 4 is 57.0 Å². The van der Waals surface area contributed by atoms with E-state index in [1.165, 1.54) is 24.7 Å². The molecule has 1 fully saturated rings. The summed E-state index contributed by atoms with van der Waals surface area (Å²) in [5, 5.41) is 16.2. The molecule has 4 N–H and O–H groups in total. The summed E-state index contributed by atoms with van der Waals surface area (Å²) in [6, 6.07) is 4.89. The van der Waals surface area contributed by atoms with Gasteiger partial charge in [-0.15, -0.1) is 0 Å². The Bertz CT molecular complexity index is 1270. The van der Waals surface area contributed by atoms with Crippen LogP contribution < -0.4 is 15.8 Å². The Morgan fingerprint density at radius 1 is 1.26 bits per heavy atom. The van der Waals surface area contributed by atoms with E-state index in [4.69, 9.17) is 39.1 Å². The summed E-state index contributed by atoms with van der Waals surface area (Å²) in [6.45, 7) is 1.78. The number of benzene rings is 1. The first-order chi connectivity index (χ1) is 16.7. The average molecular weight is 535 g/mol. The molecule has 12 heteroatoms. The number of hydrogen-bond donors (Lipinski definition) is 3. The molecule has 4 rings (SSSR count). The minimum atomic E-state index is -0.763. The molecule has 0 radical (unpaired) electrons. The van der Waals surface area contributed by atoms with Gasteiger partial charge >= 0.3 is 0 Å². The number of pyridine rings is 1. The molecule has 9 nitrogen and oxygen atoms in total. The van der Waals surface area contributed by atoms with Crippen LogP contribution in [0.25, 0.3) is 0 Å². The minimum Gasteiger partial charge on any atom is -0.486 e. The zero-order valence-electron chi connectivity index (χ0n) is 18.8. The van der Waals surface area contributed by atoms with Gasteiger partial charge in [-0.25, -0.2) is 0 Å². The van der Waals surface area contributed by atoms with Crippen molar-refractivity contribution < 1.29 is 13.7 Å². The highest BCUT2D eigenvalue weighted by atomic mass is 35.5. The summed E-state index contributed by atoms with van der Waals surface area (Å²) >= 11 is 12.4. The largest absolute Gasteiger partial charge is 0.486 e. The fourth-order valence-corrected chi connectivity index (χ4v) is 5.81. The van der Waals surface area contributed by atoms with E-state index in [0.29, 0.717) is 38.6 Å². The molecule has 1 aliphatic heterocycles. The minimum absolute atomic E-state index is 0.145. The maximum Gasteiger partial charge on any atom is 0.274 e. The molecule has 1 aromatic carbocycles. The molecule has 0 bridgehead atoms. The first kappa shape index (κ1) is 25.2. The number of amides is 1. The number of halogens is 2. The van der Waals surface area contributed by atoms with Gasteiger partial charge < -0.3 is 15.8 Å². The maximum atomic E-state index is 12.8. The highest BCUT2D eigenvalue weighted by Gasteiger charge is 2.22. The first-order valence-corrected chi connectivity index (χ1v) is 13.1. The van der Waals surface area contributed by atoms with Gasteiger partial charge in [0.05, 0.1) is 28.0 Å². The number of hydrogen-bond acceptors (Lipinski definition) is 7. The van der Waals surface area contributed by atoms with Crippen molar-refractivity contribution in [2.45, 2.75) is 31.9 Å². The van der Waals surface area contributed by atoms with Crippen molar-refractivity contribution in [3.05, 3.63) is 64.2 Å². The molecule has 35 heavy (non-hydrogen) atoms. The van der Waals surface area contributed by atoms with Gasteiger partial charge in [-0.3, -0.25) is 24.1 Å². The number of nitrogens with two attached hydrogens (primary N) is 1. The van der Waals surface area contributed by atoms with Gasteiger partial charge in [0.15, 0.2) is 0 Å². The topological polar surface area (TPSA) is 136 Å². The zero-order valence-corrected chi connectivity index (χ0v) is 21.2. The Morgan fingerprint density at radius 3 is 2.63 bits per heavy atom. The normalized spacial score (nSPS) is 18.6. The number of ether oxygens (including phenoxy) is 1. The summed E-state index contributed by atoms with van der Waals surface area (Å²) in [7, 11) is -0.763. The molecule has 1 unspecified atom stereocenters. The van der Waals surface area contributed by atoms with E-state index < -0.39 is 22.8 Å². The van der Waals surface area contributed by atoms with E-state index >= 15 is 0 Å². The molecule has 1 amide bonds. The van der Waals surface area contributed by atoms with Crippen LogP contribution in [0.15, 0.2) is 43.0 Å². The lowest BCUT2D eigenvalue weighted by molar-refractivity contribution is -0.110. The number of anilines is 2. The Balaban J connectivity index is 1.45. The Hall–Kier alpha value is -2.95. The molecule has 0 spiro atoms. The molecule has 3 heterocycles. The Labute approximate surface area is 214 Å². The fraction of sp³-hybridized carbons (Fsp3) is 0.304. The van der Waals surface area contributed by atoms with Crippen LogP contribution in [0.3, 0.4) is 0 Å². The van der Waals surface area contributed by atoms with Crippen LogP contribution in [0.1, 0.15) is 43.0 Å². The number of rotatable bonds is 7. The smallest absolute Gasteiger partial charge is 0.274 e. The molecule has 3 aromatic rings. The van der Waals surface area contributed by atoms with Crippen molar-refractivity contribution in [2.24, 2.45) is 0 Å². The van der Waals surface area contributed by atoms with Gasteiger partial charge in [0.2, 0.25) is 0 Å². The molecular weight excluding hydrogens is 511 g/mol. The standard InChI is InChI=1S/C23H24Cl2N6O3S/c1-13(21-18(24)10-28-11-19(21)25)34-16-2-3-20(26)17(8-16)22(27)23(32)30-14-9-29-31(12-14)15-4-6-35(33)7-5-15/h2-3,8-13,15,27H,4-7,26H2,1H3,(H,30,32). The number of aromatic nitrogens is 3. The van der Waals surface area contributed by atoms with E-state index in [2.05, 4.69) is 15.4 Å². The molecule has 1 atom stereocenters. The van der Waals surface area contributed by atoms with Crippen LogP contribution in [-0.4, -0.2) is 42.1 Å². The number of carbonyl (C=O) groups is 1. The summed E-state index contributed by atoms with van der Waals surface area (Å²) in [5.41, 5.74) is 7.27. The molecule has 0 saturated carbocycles. The third-order valence-corrected chi connectivity index (χ3v) is 7.71. The lowest BCUT2D eigenvalue weighted by Crippen LogP contribution is -2.24. The third kappa shape index (κ3) is 5.83. The van der Waals surface area contributed by atoms with Gasteiger partial charge in [-0.2, -0.15) is 5.10 Å². The van der Waals surface area contributed by atoms with Crippen LogP contribution in [-0.2, 0) is 15.6 Å². The SMILES string of the molecule is CC(Oc1ccc(N)c(C(=N)C(=O)Nc2cnn(C3CCS(=O)CC3)c2)c1)c1c(Cl)cncc1Cl. The Kier molecular flexibility index (Phi) is 7.73. The Morgan fingerprint density at radius 2 is 1.94 bits per heavy atom. The van der Waals surface area contributed by atoms with Gasteiger partial charge in [0.1, 0.15) is 17.6 Å². The van der Waals surface area contributed by atoms with Crippen LogP contribution in [0.5, 0.6) is 5.75 Å². The summed E-state index contributed by atoms with van der Waals surface area (Å²) in [4.78, 5) is 16.7. The van der Waals surface area contributed by atoms with Crippen molar-refractivity contribution in [2.75, 3.05) is 22.6 Å². The second kappa shape index (κ2) is 10.8. The van der Waals surface area contributed by atoms with Crippen molar-refractivity contribution in [1.29, 1.82) is 5.41 Å². The van der Waals surface area contributed by atoms with Crippen LogP contribution in [0.4, 0.5) is 11.4 Å². The molecule has 1 aliphatic rings. The van der Waals surface area contributed by atoms with Gasteiger partial charge in [0.25, 0.3) is 5.91 Å². The quantitative estimate of drug-likeness (QED) is 0.303. The lowest BCUT2D eigenvalue weighted by atomic mass is 10.1. The fourth-order valence-electron chi connectivity index (χ4n) is 3.86. The van der Waals surface area contributed by atoms with E-state index in [1.807, 2.05) is 0 Å². The number of nitrogens with zero attached hydrogens (tertiary/aromatic N) is 3. The predicted octanol–water partition coefficient (Wildman–Crippen LogP) is 4.40. The summed E-state index contributed by atoms with van der Waals surface area (Å²) in [5.74, 6) is 1.05. The van der Waals surface area contributed by atoms with Crippen LogP contribution in [0.2, 0.25) is 10.0 Å². The second-order valence-corrected chi connectivity index (χ2v) is 10.7. The summed E-state index contributed by atoms with van der Waals surface area (Å²) in [6.07, 6.45) is 7.24. The highest BCUT2D eigenvalue weighted by molar-refractivity contribution is 7.85. The second-order valence-electron chi connectivity index (χ2n) is 8.14. The predicted molar refractivity (Wildman–Crippen MR) is 138 cm³/mol. The van der Waals surface area contributed by atoms with Gasteiger partial charge in [-0.1, -0.05) is 23.2 Å². The maximum absolute atomic E-state index is 12.8. The van der Waals surface area contributed by atoms with Crippen LogP contribution >= 0.6 is 23.2 Å². The summed E-state index contributed by atoms with van der Waals surface area (Å²) < 4.78 is 19.3. The number of nitrogen functional groups attached to an aromatic ring is 1. The molecule has 0 aliphatic carbocycles. The highest BCUT2D eigenvalue weighted by Crippen LogP contribution is 2.33. The van der Waals surface area contributed by atoms with Crippen molar-refractivity contribution in [3.63, 3.8) is 0 Å². The van der Waals surface area contributed by atoms with E-state index in [9.17, 15) is 9.00 Å². The van der Waals surface area contributed by atoms with E-state index in [0.717, 1.165) is 12.8 Å². The zero-order chi connectivity index (χ0) is 25.1. The van der Waals surface area contributed by atoms with E-state index in [-0.39, 0.29) is 23.0 Å². The molecule has 184 valence electrons. The monoisotopic (exact) mass is 534 g/mol. The third-order valence-electron chi connectivity index (χ3n) is 5.72. The lowest BCUT2D eigenvalue weighted by Gasteiger charge is -2.21. The van der Waals surface area contributed by atoms with Crippen molar-refractivity contribution in [3.8, 4) is 5.75 Å². The number of carbonyl (C=O) groups excluding carboxylic acids is 1. The van der Waals surface area contributed by atoms with E-state index in [1.54, 1.807) is 29.9 Å². The van der Waals surface area contributed by atoms with Crippen molar-refractivity contribution in [1.82, 2.24) is 14.8 Å². The van der Waals surface area contributed by atoms with Crippen LogP contribution in [0, 0.1) is 5.41 Å². The van der Waals surface area contributed by atoms with Gasteiger partial charge in [-0.05, 0) is 38.0 Å². The average Bonchev–Trinajstić information content (AvgIpc) is 3.28. The first-order valence-electron chi connectivity index (χ1n) is 10.9. The number of nitrogens with one attached hydrogen (secondary N) is 2.